The van der Waals surface area contributed by atoms with E-state index in [-0.39, 0.29) is 12.1 Å². The van der Waals surface area contributed by atoms with Gasteiger partial charge in [0.25, 0.3) is 5.91 Å². The van der Waals surface area contributed by atoms with E-state index in [9.17, 15) is 9.90 Å². The van der Waals surface area contributed by atoms with Crippen molar-refractivity contribution in [3.05, 3.63) is 29.7 Å². The number of rotatable bonds is 6. The normalized spacial score (nSPS) is 14.5. The van der Waals surface area contributed by atoms with Crippen LogP contribution in [-0.4, -0.2) is 35.2 Å². The number of furan rings is 1. The molecule has 1 rings (SSSR count). The van der Waals surface area contributed by atoms with Crippen molar-refractivity contribution in [3.63, 3.8) is 0 Å². The quantitative estimate of drug-likeness (QED) is 0.608. The molecule has 6 heteroatoms. The van der Waals surface area contributed by atoms with Gasteiger partial charge in [0, 0.05) is 18.4 Å². The molecule has 0 aliphatic heterocycles. The predicted molar refractivity (Wildman–Crippen MR) is 74.3 cm³/mol. The van der Waals surface area contributed by atoms with Gasteiger partial charge >= 0.3 is 0 Å². The number of hydrogen-bond donors (Lipinski definition) is 2. The van der Waals surface area contributed by atoms with Gasteiger partial charge < -0.3 is 14.8 Å². The minimum absolute atomic E-state index is 0.0603. The van der Waals surface area contributed by atoms with E-state index < -0.39 is 11.5 Å². The van der Waals surface area contributed by atoms with Crippen molar-refractivity contribution < 1.29 is 14.3 Å². The molecule has 2 N–H and O–H groups in total. The molecule has 5 nitrogen and oxygen atoms in total. The number of nitrogens with one attached hydrogen (secondary N) is 1. The minimum Gasteiger partial charge on any atom is -0.465 e. The van der Waals surface area contributed by atoms with Gasteiger partial charge in [0.2, 0.25) is 0 Å². The SMILES string of the molecule is CSCC(C)(O)CNC(=O)C(C#N)=Cc1ccco1. The summed E-state index contributed by atoms with van der Waals surface area (Å²) in [6.07, 6.45) is 4.69. The lowest BCUT2D eigenvalue weighted by Crippen LogP contribution is -2.42. The molecule has 0 radical (unpaired) electrons. The Hall–Kier alpha value is -1.71. The van der Waals surface area contributed by atoms with E-state index in [1.807, 2.05) is 12.3 Å². The maximum atomic E-state index is 11.8. The van der Waals surface area contributed by atoms with Crippen LogP contribution in [-0.2, 0) is 4.79 Å². The van der Waals surface area contributed by atoms with Crippen molar-refractivity contribution in [2.75, 3.05) is 18.6 Å². The molecule has 1 aromatic heterocycles. The number of carbonyl (C=O) groups excluding carboxylic acids is 1. The average molecular weight is 280 g/mol. The predicted octanol–water partition coefficient (Wildman–Crippen LogP) is 1.42. The first-order chi connectivity index (χ1) is 8.98. The Bertz CT molecular complexity index is 486. The number of nitriles is 1. The molecule has 0 aliphatic carbocycles. The number of amides is 1. The van der Waals surface area contributed by atoms with Gasteiger partial charge in [0.15, 0.2) is 0 Å². The molecular weight excluding hydrogens is 264 g/mol. The topological polar surface area (TPSA) is 86.3 Å². The van der Waals surface area contributed by atoms with E-state index in [2.05, 4.69) is 5.32 Å². The van der Waals surface area contributed by atoms with Crippen molar-refractivity contribution in [1.82, 2.24) is 5.32 Å². The van der Waals surface area contributed by atoms with Crippen LogP contribution in [0.4, 0.5) is 0 Å². The first-order valence-electron chi connectivity index (χ1n) is 5.63. The second kappa shape index (κ2) is 7.02. The smallest absolute Gasteiger partial charge is 0.262 e. The fraction of sp³-hybridized carbons (Fsp3) is 0.385. The van der Waals surface area contributed by atoms with Crippen LogP contribution < -0.4 is 5.32 Å². The maximum Gasteiger partial charge on any atom is 0.262 e. The largest absolute Gasteiger partial charge is 0.465 e. The molecule has 1 atom stereocenters. The zero-order valence-corrected chi connectivity index (χ0v) is 11.7. The van der Waals surface area contributed by atoms with E-state index >= 15 is 0 Å². The van der Waals surface area contributed by atoms with E-state index in [1.54, 1.807) is 19.1 Å². The monoisotopic (exact) mass is 280 g/mol. The second-order valence-corrected chi connectivity index (χ2v) is 5.16. The fourth-order valence-electron chi connectivity index (χ4n) is 1.39. The van der Waals surface area contributed by atoms with Gasteiger partial charge in [0.1, 0.15) is 17.4 Å². The molecule has 102 valence electrons. The number of hydrogen-bond acceptors (Lipinski definition) is 5. The van der Waals surface area contributed by atoms with Crippen LogP contribution in [0.3, 0.4) is 0 Å². The summed E-state index contributed by atoms with van der Waals surface area (Å²) in [6, 6.07) is 5.13. The Kier molecular flexibility index (Phi) is 5.67. The molecule has 1 heterocycles. The lowest BCUT2D eigenvalue weighted by molar-refractivity contribution is -0.118. The molecule has 0 aromatic carbocycles. The molecule has 1 aromatic rings. The number of carbonyl (C=O) groups is 1. The van der Waals surface area contributed by atoms with E-state index in [4.69, 9.17) is 9.68 Å². The Morgan fingerprint density at radius 2 is 2.47 bits per heavy atom. The average Bonchev–Trinajstić information content (AvgIpc) is 2.86. The van der Waals surface area contributed by atoms with Gasteiger partial charge in [-0.15, -0.1) is 0 Å². The molecule has 0 saturated heterocycles. The Morgan fingerprint density at radius 1 is 1.74 bits per heavy atom. The molecule has 1 amide bonds. The summed E-state index contributed by atoms with van der Waals surface area (Å²) in [6.45, 7) is 1.72. The number of aliphatic hydroxyl groups is 1. The summed E-state index contributed by atoms with van der Waals surface area (Å²) >= 11 is 1.48. The summed E-state index contributed by atoms with van der Waals surface area (Å²) in [7, 11) is 0. The third-order valence-corrected chi connectivity index (χ3v) is 3.19. The first kappa shape index (κ1) is 15.3. The van der Waals surface area contributed by atoms with Crippen LogP contribution in [0.25, 0.3) is 6.08 Å². The van der Waals surface area contributed by atoms with Crippen LogP contribution in [0.15, 0.2) is 28.4 Å². The van der Waals surface area contributed by atoms with Crippen molar-refractivity contribution >= 4 is 23.7 Å². The van der Waals surface area contributed by atoms with Crippen LogP contribution in [0.5, 0.6) is 0 Å². The van der Waals surface area contributed by atoms with Gasteiger partial charge in [-0.3, -0.25) is 4.79 Å². The van der Waals surface area contributed by atoms with Gasteiger partial charge in [-0.2, -0.15) is 17.0 Å². The van der Waals surface area contributed by atoms with Gasteiger partial charge in [-0.05, 0) is 25.3 Å². The lowest BCUT2D eigenvalue weighted by Gasteiger charge is -2.22. The van der Waals surface area contributed by atoms with Gasteiger partial charge in [-0.25, -0.2) is 0 Å². The molecule has 19 heavy (non-hydrogen) atoms. The van der Waals surface area contributed by atoms with E-state index in [1.165, 1.54) is 24.1 Å². The van der Waals surface area contributed by atoms with Crippen LogP contribution in [0.1, 0.15) is 12.7 Å². The van der Waals surface area contributed by atoms with E-state index in [0.29, 0.717) is 11.5 Å². The van der Waals surface area contributed by atoms with Crippen molar-refractivity contribution in [2.45, 2.75) is 12.5 Å². The molecule has 0 spiro atoms. The summed E-state index contributed by atoms with van der Waals surface area (Å²) in [5, 5.41) is 21.4. The zero-order chi connectivity index (χ0) is 14.3. The highest BCUT2D eigenvalue weighted by Gasteiger charge is 2.21. The van der Waals surface area contributed by atoms with Crippen LogP contribution >= 0.6 is 11.8 Å². The maximum absolute atomic E-state index is 11.8. The highest BCUT2D eigenvalue weighted by atomic mass is 32.2. The summed E-state index contributed by atoms with van der Waals surface area (Å²) in [4.78, 5) is 11.8. The van der Waals surface area contributed by atoms with E-state index in [0.717, 1.165) is 0 Å². The fourth-order valence-corrected chi connectivity index (χ4v) is 2.12. The molecule has 0 saturated carbocycles. The van der Waals surface area contributed by atoms with Gasteiger partial charge in [-0.1, -0.05) is 0 Å². The second-order valence-electron chi connectivity index (χ2n) is 4.30. The number of nitrogens with zero attached hydrogens (tertiary/aromatic N) is 1. The summed E-state index contributed by atoms with van der Waals surface area (Å²) < 4.78 is 5.04. The third-order valence-electron chi connectivity index (χ3n) is 2.28. The van der Waals surface area contributed by atoms with Crippen molar-refractivity contribution in [2.24, 2.45) is 0 Å². The Labute approximate surface area is 116 Å². The van der Waals surface area contributed by atoms with Crippen molar-refractivity contribution in [1.29, 1.82) is 5.26 Å². The molecule has 0 aliphatic rings. The Morgan fingerprint density at radius 3 is 3.00 bits per heavy atom. The third kappa shape index (κ3) is 5.20. The highest BCUT2D eigenvalue weighted by molar-refractivity contribution is 7.98. The summed E-state index contributed by atoms with van der Waals surface area (Å²) in [5.74, 6) is 0.403. The molecular formula is C13H16N2O3S. The van der Waals surface area contributed by atoms with Crippen LogP contribution in [0.2, 0.25) is 0 Å². The number of thioether (sulfide) groups is 1. The van der Waals surface area contributed by atoms with Gasteiger partial charge in [0.05, 0.1) is 11.9 Å². The van der Waals surface area contributed by atoms with Crippen LogP contribution in [0, 0.1) is 11.3 Å². The standard InChI is InChI=1S/C13H16N2O3S/c1-13(17,9-19-2)8-15-12(16)10(7-14)6-11-4-3-5-18-11/h3-6,17H,8-9H2,1-2H3,(H,15,16). The molecule has 1 unspecified atom stereocenters. The summed E-state index contributed by atoms with van der Waals surface area (Å²) in [5.41, 5.74) is -1.06. The first-order valence-corrected chi connectivity index (χ1v) is 7.03. The molecule has 0 bridgehead atoms. The minimum atomic E-state index is -1.000. The Balaban J connectivity index is 2.64. The zero-order valence-electron chi connectivity index (χ0n) is 10.8. The lowest BCUT2D eigenvalue weighted by atomic mass is 10.1. The molecule has 0 fully saturated rings. The van der Waals surface area contributed by atoms with Crippen molar-refractivity contribution in [3.8, 4) is 6.07 Å². The highest BCUT2D eigenvalue weighted by Crippen LogP contribution is 2.10.